The molecule has 0 spiro atoms. The van der Waals surface area contributed by atoms with E-state index in [1.165, 1.54) is 12.8 Å². The van der Waals surface area contributed by atoms with Crippen LogP contribution in [0.1, 0.15) is 24.8 Å². The Morgan fingerprint density at radius 3 is 3.05 bits per heavy atom. The van der Waals surface area contributed by atoms with Crippen molar-refractivity contribution in [2.75, 3.05) is 31.7 Å². The van der Waals surface area contributed by atoms with E-state index in [9.17, 15) is 4.39 Å². The van der Waals surface area contributed by atoms with Crippen LogP contribution in [0.3, 0.4) is 0 Å². The van der Waals surface area contributed by atoms with Gasteiger partial charge in [0, 0.05) is 50.5 Å². The van der Waals surface area contributed by atoms with Crippen molar-refractivity contribution in [2.24, 2.45) is 5.92 Å². The third-order valence-electron chi connectivity index (χ3n) is 4.10. The second-order valence-electron chi connectivity index (χ2n) is 5.82. The highest BCUT2D eigenvalue weighted by molar-refractivity contribution is 5.44. The molecule has 2 heterocycles. The molecule has 1 aliphatic heterocycles. The zero-order chi connectivity index (χ0) is 13.9. The second kappa shape index (κ2) is 6.06. The third kappa shape index (κ3) is 3.10. The maximum Gasteiger partial charge on any atom is 0.170 e. The second-order valence-corrected chi connectivity index (χ2v) is 5.82. The molecular weight excluding hydrogens is 257 g/mol. The maximum atomic E-state index is 14.5. The predicted octanol–water partition coefficient (Wildman–Crippen LogP) is 1.95. The minimum Gasteiger partial charge on any atom is -0.384 e. The van der Waals surface area contributed by atoms with Gasteiger partial charge in [0.25, 0.3) is 0 Å². The lowest BCUT2D eigenvalue weighted by Gasteiger charge is -2.19. The Balaban J connectivity index is 1.67. The van der Waals surface area contributed by atoms with Gasteiger partial charge in [0.2, 0.25) is 0 Å². The number of anilines is 1. The first-order valence-corrected chi connectivity index (χ1v) is 7.38. The van der Waals surface area contributed by atoms with Crippen LogP contribution in [0.15, 0.2) is 12.3 Å². The highest BCUT2D eigenvalue weighted by atomic mass is 19.1. The molecule has 4 nitrogen and oxygen atoms in total. The van der Waals surface area contributed by atoms with E-state index in [-0.39, 0.29) is 5.82 Å². The lowest BCUT2D eigenvalue weighted by atomic mass is 10.1. The van der Waals surface area contributed by atoms with Crippen LogP contribution in [0.2, 0.25) is 0 Å². The van der Waals surface area contributed by atoms with Gasteiger partial charge >= 0.3 is 0 Å². The fourth-order valence-electron chi connectivity index (χ4n) is 2.77. The molecule has 1 N–H and O–H groups in total. The van der Waals surface area contributed by atoms with E-state index < -0.39 is 0 Å². The number of ether oxygens (including phenoxy) is 1. The van der Waals surface area contributed by atoms with Crippen molar-refractivity contribution in [2.45, 2.75) is 31.8 Å². The molecule has 0 radical (unpaired) electrons. The van der Waals surface area contributed by atoms with Crippen LogP contribution in [-0.2, 0) is 11.3 Å². The molecule has 1 saturated heterocycles. The monoisotopic (exact) mass is 279 g/mol. The van der Waals surface area contributed by atoms with E-state index in [0.29, 0.717) is 24.3 Å². The van der Waals surface area contributed by atoms with Gasteiger partial charge in [-0.25, -0.2) is 9.37 Å². The quantitative estimate of drug-likeness (QED) is 0.863. The highest BCUT2D eigenvalue weighted by Gasteiger charge is 2.27. The number of nitrogens with one attached hydrogen (secondary N) is 1. The van der Waals surface area contributed by atoms with Gasteiger partial charge in [0.05, 0.1) is 6.61 Å². The molecule has 0 amide bonds. The summed E-state index contributed by atoms with van der Waals surface area (Å²) in [5.41, 5.74) is 0.720. The van der Waals surface area contributed by atoms with Gasteiger partial charge in [-0.05, 0) is 25.3 Å². The molecule has 110 valence electrons. The number of hydrogen-bond acceptors (Lipinski definition) is 4. The topological polar surface area (TPSA) is 37.4 Å². The van der Waals surface area contributed by atoms with Gasteiger partial charge < -0.3 is 15.0 Å². The summed E-state index contributed by atoms with van der Waals surface area (Å²) in [4.78, 5) is 6.28. The van der Waals surface area contributed by atoms with E-state index >= 15 is 0 Å². The van der Waals surface area contributed by atoms with Crippen molar-refractivity contribution < 1.29 is 9.13 Å². The summed E-state index contributed by atoms with van der Waals surface area (Å²) in [7, 11) is 1.71. The van der Waals surface area contributed by atoms with Crippen molar-refractivity contribution in [1.82, 2.24) is 10.3 Å². The summed E-state index contributed by atoms with van der Waals surface area (Å²) in [6.45, 7) is 3.02. The summed E-state index contributed by atoms with van der Waals surface area (Å²) >= 11 is 0. The molecule has 1 saturated carbocycles. The molecule has 1 aromatic rings. The molecule has 1 aliphatic carbocycles. The smallest absolute Gasteiger partial charge is 0.170 e. The summed E-state index contributed by atoms with van der Waals surface area (Å²) in [5.74, 6) is 0.812. The van der Waals surface area contributed by atoms with E-state index in [1.54, 1.807) is 19.4 Å². The van der Waals surface area contributed by atoms with Crippen molar-refractivity contribution in [3.05, 3.63) is 23.6 Å². The molecule has 2 fully saturated rings. The number of hydrogen-bond donors (Lipinski definition) is 1. The lowest BCUT2D eigenvalue weighted by Crippen LogP contribution is -2.24. The minimum absolute atomic E-state index is 0.168. The fourth-order valence-corrected chi connectivity index (χ4v) is 2.77. The average Bonchev–Trinajstić information content (AvgIpc) is 3.17. The average molecular weight is 279 g/mol. The molecule has 0 aromatic carbocycles. The Morgan fingerprint density at radius 2 is 2.30 bits per heavy atom. The number of halogens is 1. The van der Waals surface area contributed by atoms with Crippen LogP contribution in [-0.4, -0.2) is 37.8 Å². The SMILES string of the molecule is COCC1CCN(c2nccc(CNC3CC3)c2F)C1. The Kier molecular flexibility index (Phi) is 4.17. The number of methoxy groups -OCH3 is 1. The number of pyridine rings is 1. The standard InChI is InChI=1S/C15H22FN3O/c1-20-10-11-5-7-19(9-11)15-14(16)12(4-6-17-15)8-18-13-2-3-13/h4,6,11,13,18H,2-3,5,7-10H2,1H3. The molecule has 2 aliphatic rings. The summed E-state index contributed by atoms with van der Waals surface area (Å²) in [5, 5.41) is 3.35. The largest absolute Gasteiger partial charge is 0.384 e. The van der Waals surface area contributed by atoms with Crippen molar-refractivity contribution in [3.63, 3.8) is 0 Å². The van der Waals surface area contributed by atoms with Gasteiger partial charge in [-0.2, -0.15) is 0 Å². The van der Waals surface area contributed by atoms with Crippen LogP contribution >= 0.6 is 0 Å². The Labute approximate surface area is 119 Å². The predicted molar refractivity (Wildman–Crippen MR) is 76.3 cm³/mol. The van der Waals surface area contributed by atoms with Gasteiger partial charge in [0.15, 0.2) is 11.6 Å². The molecule has 1 atom stereocenters. The highest BCUT2D eigenvalue weighted by Crippen LogP contribution is 2.27. The fraction of sp³-hybridized carbons (Fsp3) is 0.667. The maximum absolute atomic E-state index is 14.5. The molecule has 20 heavy (non-hydrogen) atoms. The number of rotatable bonds is 6. The Hall–Kier alpha value is -1.20. The van der Waals surface area contributed by atoms with Gasteiger partial charge in [-0.15, -0.1) is 0 Å². The zero-order valence-corrected chi connectivity index (χ0v) is 11.9. The van der Waals surface area contributed by atoms with E-state index in [1.807, 2.05) is 4.90 Å². The molecule has 0 bridgehead atoms. The number of aromatic nitrogens is 1. The third-order valence-corrected chi connectivity index (χ3v) is 4.10. The van der Waals surface area contributed by atoms with Gasteiger partial charge in [-0.1, -0.05) is 0 Å². The Bertz CT molecular complexity index is 464. The molecule has 1 aromatic heterocycles. The van der Waals surface area contributed by atoms with Crippen molar-refractivity contribution in [1.29, 1.82) is 0 Å². The molecule has 3 rings (SSSR count). The summed E-state index contributed by atoms with van der Waals surface area (Å²) < 4.78 is 19.7. The summed E-state index contributed by atoms with van der Waals surface area (Å²) in [6.07, 6.45) is 5.18. The van der Waals surface area contributed by atoms with Crippen LogP contribution < -0.4 is 10.2 Å². The van der Waals surface area contributed by atoms with Crippen LogP contribution in [0.4, 0.5) is 10.2 Å². The van der Waals surface area contributed by atoms with E-state index in [4.69, 9.17) is 4.74 Å². The number of nitrogens with zero attached hydrogens (tertiary/aromatic N) is 2. The Morgan fingerprint density at radius 1 is 1.45 bits per heavy atom. The van der Waals surface area contributed by atoms with Gasteiger partial charge in [0.1, 0.15) is 0 Å². The normalized spacial score (nSPS) is 22.5. The zero-order valence-electron chi connectivity index (χ0n) is 11.9. The minimum atomic E-state index is -0.168. The first-order chi connectivity index (χ1) is 9.78. The summed E-state index contributed by atoms with van der Waals surface area (Å²) in [6, 6.07) is 2.36. The molecule has 1 unspecified atom stereocenters. The van der Waals surface area contributed by atoms with Crippen molar-refractivity contribution >= 4 is 5.82 Å². The van der Waals surface area contributed by atoms with Crippen LogP contribution in [0, 0.1) is 11.7 Å². The van der Waals surface area contributed by atoms with Crippen molar-refractivity contribution in [3.8, 4) is 0 Å². The van der Waals surface area contributed by atoms with Gasteiger partial charge in [-0.3, -0.25) is 0 Å². The lowest BCUT2D eigenvalue weighted by molar-refractivity contribution is 0.161. The first kappa shape index (κ1) is 13.8. The first-order valence-electron chi connectivity index (χ1n) is 7.38. The molecular formula is C15H22FN3O. The van der Waals surface area contributed by atoms with Crippen LogP contribution in [0.5, 0.6) is 0 Å². The van der Waals surface area contributed by atoms with E-state index in [2.05, 4.69) is 10.3 Å². The van der Waals surface area contributed by atoms with E-state index in [0.717, 1.165) is 31.7 Å². The van der Waals surface area contributed by atoms with Crippen LogP contribution in [0.25, 0.3) is 0 Å². The molecule has 5 heteroatoms.